The van der Waals surface area contributed by atoms with Crippen LogP contribution in [0.5, 0.6) is 0 Å². The maximum absolute atomic E-state index is 5.75. The molecule has 0 radical (unpaired) electrons. The lowest BCUT2D eigenvalue weighted by Gasteiger charge is -1.94. The van der Waals surface area contributed by atoms with Gasteiger partial charge in [0.2, 0.25) is 0 Å². The molecule has 19 heavy (non-hydrogen) atoms. The molecule has 3 heterocycles. The van der Waals surface area contributed by atoms with Crippen LogP contribution < -0.4 is 5.73 Å². The molecule has 3 aromatic heterocycles. The number of aromatic nitrogens is 2. The van der Waals surface area contributed by atoms with Crippen LogP contribution >= 0.6 is 34.0 Å². The van der Waals surface area contributed by atoms with Crippen molar-refractivity contribution < 1.29 is 0 Å². The van der Waals surface area contributed by atoms with Crippen LogP contribution in [0.25, 0.3) is 20.5 Å². The number of nitrogens with two attached hydrogens (primary N) is 1. The first-order valence-corrected chi connectivity index (χ1v) is 8.65. The number of thiazole rings is 2. The number of thiophene rings is 1. The lowest BCUT2D eigenvalue weighted by Crippen LogP contribution is -1.85. The number of anilines is 1. The predicted octanol–water partition coefficient (Wildman–Crippen LogP) is 4.45. The van der Waals surface area contributed by atoms with E-state index in [1.165, 1.54) is 39.6 Å². The van der Waals surface area contributed by atoms with Crippen LogP contribution in [0.2, 0.25) is 0 Å². The lowest BCUT2D eigenvalue weighted by atomic mass is 10.2. The fraction of sp³-hybridized carbons (Fsp3) is 0.231. The highest BCUT2D eigenvalue weighted by atomic mass is 32.1. The zero-order valence-electron chi connectivity index (χ0n) is 10.00. The van der Waals surface area contributed by atoms with Crippen molar-refractivity contribution in [2.45, 2.75) is 18.8 Å². The van der Waals surface area contributed by atoms with Crippen LogP contribution in [0, 0.1) is 0 Å². The van der Waals surface area contributed by atoms with E-state index in [1.807, 2.05) is 5.38 Å². The van der Waals surface area contributed by atoms with Gasteiger partial charge in [-0.2, -0.15) is 0 Å². The van der Waals surface area contributed by atoms with Gasteiger partial charge in [-0.15, -0.1) is 34.0 Å². The Bertz CT molecular complexity index is 707. The quantitative estimate of drug-likeness (QED) is 0.777. The van der Waals surface area contributed by atoms with Crippen molar-refractivity contribution in [2.24, 2.45) is 0 Å². The van der Waals surface area contributed by atoms with Crippen molar-refractivity contribution in [1.29, 1.82) is 0 Å². The number of hydrogen-bond acceptors (Lipinski definition) is 6. The predicted molar refractivity (Wildman–Crippen MR) is 82.9 cm³/mol. The molecule has 1 aliphatic rings. The van der Waals surface area contributed by atoms with Gasteiger partial charge in [-0.1, -0.05) is 6.07 Å². The summed E-state index contributed by atoms with van der Waals surface area (Å²) in [7, 11) is 0. The summed E-state index contributed by atoms with van der Waals surface area (Å²) in [6, 6.07) is 4.19. The zero-order chi connectivity index (χ0) is 12.8. The maximum atomic E-state index is 5.75. The Morgan fingerprint density at radius 1 is 1.21 bits per heavy atom. The molecule has 0 unspecified atom stereocenters. The van der Waals surface area contributed by atoms with Gasteiger partial charge in [0.1, 0.15) is 5.01 Å². The number of rotatable bonds is 3. The molecule has 96 valence electrons. The van der Waals surface area contributed by atoms with Gasteiger partial charge in [0, 0.05) is 11.3 Å². The Balaban J connectivity index is 1.84. The summed E-state index contributed by atoms with van der Waals surface area (Å²) in [5, 5.41) is 5.86. The summed E-state index contributed by atoms with van der Waals surface area (Å²) >= 11 is 4.97. The Labute approximate surface area is 122 Å². The molecule has 0 saturated heterocycles. The first-order chi connectivity index (χ1) is 9.31. The minimum absolute atomic E-state index is 0.628. The molecule has 2 N–H and O–H groups in total. The topological polar surface area (TPSA) is 51.8 Å². The van der Waals surface area contributed by atoms with Crippen molar-refractivity contribution in [3.8, 4) is 20.5 Å². The van der Waals surface area contributed by atoms with Crippen LogP contribution in [0.3, 0.4) is 0 Å². The zero-order valence-corrected chi connectivity index (χ0v) is 12.4. The summed E-state index contributed by atoms with van der Waals surface area (Å²) in [5.74, 6) is 0.628. The molecule has 4 rings (SSSR count). The molecule has 0 bridgehead atoms. The number of hydrogen-bond donors (Lipinski definition) is 1. The molecule has 1 aliphatic carbocycles. The third-order valence-electron chi connectivity index (χ3n) is 3.10. The van der Waals surface area contributed by atoms with Gasteiger partial charge in [-0.05, 0) is 24.3 Å². The smallest absolute Gasteiger partial charge is 0.180 e. The van der Waals surface area contributed by atoms with E-state index in [9.17, 15) is 0 Å². The van der Waals surface area contributed by atoms with Gasteiger partial charge in [-0.25, -0.2) is 9.97 Å². The van der Waals surface area contributed by atoms with E-state index < -0.39 is 0 Å². The second kappa shape index (κ2) is 4.40. The normalized spacial score (nSPS) is 14.9. The first-order valence-electron chi connectivity index (χ1n) is 6.07. The minimum Gasteiger partial charge on any atom is -0.375 e. The van der Waals surface area contributed by atoms with Gasteiger partial charge in [0.15, 0.2) is 5.13 Å². The minimum atomic E-state index is 0.628. The standard InChI is InChI=1S/C13H11N3S3/c14-13-15-8(6-18-13)11-10(7-3-4-7)16-12(19-11)9-2-1-5-17-9/h1-2,5-7H,3-4H2,(H2,14,15). The molecule has 0 spiro atoms. The van der Waals surface area contributed by atoms with Crippen LogP contribution in [0.4, 0.5) is 5.13 Å². The SMILES string of the molecule is Nc1nc(-c2sc(-c3cccs3)nc2C2CC2)cs1. The van der Waals surface area contributed by atoms with Crippen LogP contribution in [0.1, 0.15) is 24.5 Å². The highest BCUT2D eigenvalue weighted by Gasteiger charge is 2.31. The van der Waals surface area contributed by atoms with Crippen LogP contribution in [-0.4, -0.2) is 9.97 Å². The molecule has 1 fully saturated rings. The first kappa shape index (κ1) is 11.6. The Morgan fingerprint density at radius 2 is 2.11 bits per heavy atom. The van der Waals surface area contributed by atoms with Gasteiger partial charge >= 0.3 is 0 Å². The summed E-state index contributed by atoms with van der Waals surface area (Å²) in [5.41, 5.74) is 7.96. The van der Waals surface area contributed by atoms with E-state index in [-0.39, 0.29) is 0 Å². The van der Waals surface area contributed by atoms with E-state index in [1.54, 1.807) is 22.7 Å². The second-order valence-electron chi connectivity index (χ2n) is 4.56. The Kier molecular flexibility index (Phi) is 2.68. The highest BCUT2D eigenvalue weighted by molar-refractivity contribution is 7.23. The molecule has 0 aliphatic heterocycles. The maximum Gasteiger partial charge on any atom is 0.180 e. The van der Waals surface area contributed by atoms with Crippen molar-refractivity contribution in [3.63, 3.8) is 0 Å². The molecule has 3 nitrogen and oxygen atoms in total. The Morgan fingerprint density at radius 3 is 2.74 bits per heavy atom. The van der Waals surface area contributed by atoms with Crippen LogP contribution in [0.15, 0.2) is 22.9 Å². The fourth-order valence-electron chi connectivity index (χ4n) is 2.05. The summed E-state index contributed by atoms with van der Waals surface area (Å²) in [6.07, 6.45) is 2.50. The van der Waals surface area contributed by atoms with Gasteiger partial charge < -0.3 is 5.73 Å². The van der Waals surface area contributed by atoms with Gasteiger partial charge in [-0.3, -0.25) is 0 Å². The number of nitrogen functional groups attached to an aromatic ring is 1. The summed E-state index contributed by atoms with van der Waals surface area (Å²) < 4.78 is 0. The van der Waals surface area contributed by atoms with Crippen molar-refractivity contribution >= 4 is 39.1 Å². The summed E-state index contributed by atoms with van der Waals surface area (Å²) in [6.45, 7) is 0. The third kappa shape index (κ3) is 2.09. The average molecular weight is 305 g/mol. The molecular weight excluding hydrogens is 294 g/mol. The monoisotopic (exact) mass is 305 g/mol. The lowest BCUT2D eigenvalue weighted by molar-refractivity contribution is 1.05. The van der Waals surface area contributed by atoms with Crippen molar-refractivity contribution in [1.82, 2.24) is 9.97 Å². The molecule has 0 aromatic carbocycles. The molecule has 3 aromatic rings. The van der Waals surface area contributed by atoms with E-state index in [4.69, 9.17) is 10.7 Å². The molecular formula is C13H11N3S3. The summed E-state index contributed by atoms with van der Waals surface area (Å²) in [4.78, 5) is 11.7. The molecule has 6 heteroatoms. The van der Waals surface area contributed by atoms with Gasteiger partial charge in [0.05, 0.1) is 21.1 Å². The Hall–Kier alpha value is -1.24. The van der Waals surface area contributed by atoms with E-state index >= 15 is 0 Å². The highest BCUT2D eigenvalue weighted by Crippen LogP contribution is 2.48. The van der Waals surface area contributed by atoms with E-state index in [0.29, 0.717) is 11.0 Å². The largest absolute Gasteiger partial charge is 0.375 e. The van der Waals surface area contributed by atoms with E-state index in [0.717, 1.165) is 10.7 Å². The third-order valence-corrected chi connectivity index (χ3v) is 5.91. The van der Waals surface area contributed by atoms with Crippen LogP contribution in [-0.2, 0) is 0 Å². The second-order valence-corrected chi connectivity index (χ2v) is 7.39. The fourth-order valence-corrected chi connectivity index (χ4v) is 4.58. The molecule has 0 atom stereocenters. The molecule has 1 saturated carbocycles. The van der Waals surface area contributed by atoms with Crippen molar-refractivity contribution in [3.05, 3.63) is 28.6 Å². The molecule has 0 amide bonds. The average Bonchev–Trinajstić information content (AvgIpc) is 2.87. The van der Waals surface area contributed by atoms with Crippen molar-refractivity contribution in [2.75, 3.05) is 5.73 Å². The van der Waals surface area contributed by atoms with E-state index in [2.05, 4.69) is 22.5 Å². The number of nitrogens with zero attached hydrogens (tertiary/aromatic N) is 2. The van der Waals surface area contributed by atoms with Gasteiger partial charge in [0.25, 0.3) is 0 Å².